The lowest BCUT2D eigenvalue weighted by Gasteiger charge is -2.20. The highest BCUT2D eigenvalue weighted by Crippen LogP contribution is 2.27. The van der Waals surface area contributed by atoms with Crippen LogP contribution in [0.5, 0.6) is 0 Å². The standard InChI is InChI=1S/C17H25N3O/c1-13-11-18-12-15(13)17(21)19-8-4-9-20-10-7-14-5-2-3-6-16(14)20/h2-3,5-6,13,15,18H,4,7-12H2,1H3,(H,19,21)/t13-,15-/m1/s1. The lowest BCUT2D eigenvalue weighted by molar-refractivity contribution is -0.125. The molecular formula is C17H25N3O. The van der Waals surface area contributed by atoms with E-state index < -0.39 is 0 Å². The van der Waals surface area contributed by atoms with Gasteiger partial charge in [-0.1, -0.05) is 25.1 Å². The van der Waals surface area contributed by atoms with Crippen molar-refractivity contribution in [1.29, 1.82) is 0 Å². The van der Waals surface area contributed by atoms with Gasteiger partial charge >= 0.3 is 0 Å². The van der Waals surface area contributed by atoms with Crippen LogP contribution >= 0.6 is 0 Å². The van der Waals surface area contributed by atoms with Gasteiger partial charge in [0.2, 0.25) is 5.91 Å². The Balaban J connectivity index is 1.40. The number of amides is 1. The normalized spacial score (nSPS) is 24.1. The van der Waals surface area contributed by atoms with Crippen LogP contribution in [0.1, 0.15) is 18.9 Å². The molecule has 2 N–H and O–H groups in total. The van der Waals surface area contributed by atoms with Crippen molar-refractivity contribution >= 4 is 11.6 Å². The summed E-state index contributed by atoms with van der Waals surface area (Å²) >= 11 is 0. The Morgan fingerprint density at radius 1 is 1.38 bits per heavy atom. The lowest BCUT2D eigenvalue weighted by Crippen LogP contribution is -2.36. The largest absolute Gasteiger partial charge is 0.371 e. The number of benzene rings is 1. The number of hydrogen-bond acceptors (Lipinski definition) is 3. The molecule has 0 bridgehead atoms. The van der Waals surface area contributed by atoms with Gasteiger partial charge in [-0.25, -0.2) is 0 Å². The molecule has 0 aromatic heterocycles. The number of fused-ring (bicyclic) bond motifs is 1. The molecule has 2 aliphatic rings. The molecule has 4 nitrogen and oxygen atoms in total. The molecule has 2 aliphatic heterocycles. The summed E-state index contributed by atoms with van der Waals surface area (Å²) in [6, 6.07) is 8.63. The minimum absolute atomic E-state index is 0.150. The highest BCUT2D eigenvalue weighted by atomic mass is 16.1. The molecule has 0 spiro atoms. The van der Waals surface area contributed by atoms with Gasteiger partial charge in [0.1, 0.15) is 0 Å². The fourth-order valence-corrected chi connectivity index (χ4v) is 3.41. The SMILES string of the molecule is C[C@@H]1CNC[C@H]1C(=O)NCCCN1CCc2ccccc21. The lowest BCUT2D eigenvalue weighted by atomic mass is 9.97. The van der Waals surface area contributed by atoms with Gasteiger partial charge in [-0.05, 0) is 36.9 Å². The van der Waals surface area contributed by atoms with E-state index in [0.29, 0.717) is 5.92 Å². The minimum Gasteiger partial charge on any atom is -0.371 e. The van der Waals surface area contributed by atoms with Gasteiger partial charge in [0.25, 0.3) is 0 Å². The van der Waals surface area contributed by atoms with Crippen molar-refractivity contribution in [3.63, 3.8) is 0 Å². The van der Waals surface area contributed by atoms with E-state index in [4.69, 9.17) is 0 Å². The van der Waals surface area contributed by atoms with E-state index in [1.807, 2.05) is 0 Å². The number of nitrogens with one attached hydrogen (secondary N) is 2. The molecule has 0 aliphatic carbocycles. The highest BCUT2D eigenvalue weighted by Gasteiger charge is 2.29. The predicted molar refractivity (Wildman–Crippen MR) is 85.5 cm³/mol. The van der Waals surface area contributed by atoms with Crippen LogP contribution in [0, 0.1) is 11.8 Å². The fourth-order valence-electron chi connectivity index (χ4n) is 3.41. The Kier molecular flexibility index (Phi) is 4.44. The van der Waals surface area contributed by atoms with Gasteiger partial charge < -0.3 is 15.5 Å². The molecule has 2 heterocycles. The second kappa shape index (κ2) is 6.48. The van der Waals surface area contributed by atoms with Crippen molar-refractivity contribution in [2.24, 2.45) is 11.8 Å². The quantitative estimate of drug-likeness (QED) is 0.805. The smallest absolute Gasteiger partial charge is 0.224 e. The summed E-state index contributed by atoms with van der Waals surface area (Å²) < 4.78 is 0. The van der Waals surface area contributed by atoms with Crippen LogP contribution in [-0.2, 0) is 11.2 Å². The first-order valence-corrected chi connectivity index (χ1v) is 8.07. The highest BCUT2D eigenvalue weighted by molar-refractivity contribution is 5.79. The first kappa shape index (κ1) is 14.4. The third-order valence-electron chi connectivity index (χ3n) is 4.74. The number of rotatable bonds is 5. The maximum Gasteiger partial charge on any atom is 0.224 e. The van der Waals surface area contributed by atoms with Crippen molar-refractivity contribution in [2.75, 3.05) is 37.6 Å². The van der Waals surface area contributed by atoms with E-state index in [2.05, 4.69) is 46.7 Å². The summed E-state index contributed by atoms with van der Waals surface area (Å²) in [4.78, 5) is 14.5. The molecule has 4 heteroatoms. The average molecular weight is 287 g/mol. The van der Waals surface area contributed by atoms with Crippen LogP contribution in [0.3, 0.4) is 0 Å². The van der Waals surface area contributed by atoms with Crippen LogP contribution < -0.4 is 15.5 Å². The van der Waals surface area contributed by atoms with Gasteiger partial charge in [0, 0.05) is 31.9 Å². The fraction of sp³-hybridized carbons (Fsp3) is 0.588. The topological polar surface area (TPSA) is 44.4 Å². The van der Waals surface area contributed by atoms with Gasteiger partial charge in [0.15, 0.2) is 0 Å². The van der Waals surface area contributed by atoms with E-state index in [1.165, 1.54) is 11.3 Å². The van der Waals surface area contributed by atoms with E-state index >= 15 is 0 Å². The molecule has 1 fully saturated rings. The summed E-state index contributed by atoms with van der Waals surface area (Å²) in [6.45, 7) is 6.84. The molecule has 3 rings (SSSR count). The van der Waals surface area contributed by atoms with Gasteiger partial charge in [-0.3, -0.25) is 4.79 Å². The monoisotopic (exact) mass is 287 g/mol. The minimum atomic E-state index is 0.150. The summed E-state index contributed by atoms with van der Waals surface area (Å²) in [5.74, 6) is 0.822. The van der Waals surface area contributed by atoms with Crippen LogP contribution in [0.4, 0.5) is 5.69 Å². The van der Waals surface area contributed by atoms with Gasteiger partial charge in [-0.15, -0.1) is 0 Å². The van der Waals surface area contributed by atoms with Crippen LogP contribution in [0.2, 0.25) is 0 Å². The molecule has 0 radical (unpaired) electrons. The maximum absolute atomic E-state index is 12.1. The Morgan fingerprint density at radius 2 is 2.24 bits per heavy atom. The zero-order chi connectivity index (χ0) is 14.7. The van der Waals surface area contributed by atoms with Crippen molar-refractivity contribution in [2.45, 2.75) is 19.8 Å². The molecule has 1 aromatic rings. The van der Waals surface area contributed by atoms with Crippen LogP contribution in [-0.4, -0.2) is 38.6 Å². The Labute approximate surface area is 126 Å². The molecule has 0 unspecified atom stereocenters. The zero-order valence-electron chi connectivity index (χ0n) is 12.8. The zero-order valence-corrected chi connectivity index (χ0v) is 12.8. The second-order valence-electron chi connectivity index (χ2n) is 6.25. The number of anilines is 1. The van der Waals surface area contributed by atoms with Crippen LogP contribution in [0.15, 0.2) is 24.3 Å². The molecule has 1 saturated heterocycles. The Bertz CT molecular complexity index is 503. The Hall–Kier alpha value is -1.55. The summed E-state index contributed by atoms with van der Waals surface area (Å²) in [6.07, 6.45) is 2.16. The van der Waals surface area contributed by atoms with E-state index in [1.54, 1.807) is 0 Å². The summed E-state index contributed by atoms with van der Waals surface area (Å²) in [7, 11) is 0. The number of carbonyl (C=O) groups excluding carboxylic acids is 1. The van der Waals surface area contributed by atoms with E-state index in [0.717, 1.165) is 45.6 Å². The molecule has 2 atom stereocenters. The first-order valence-electron chi connectivity index (χ1n) is 8.07. The summed E-state index contributed by atoms with van der Waals surface area (Å²) in [5.41, 5.74) is 2.82. The first-order chi connectivity index (χ1) is 10.3. The van der Waals surface area contributed by atoms with Gasteiger partial charge in [0.05, 0.1) is 5.92 Å². The van der Waals surface area contributed by atoms with Crippen molar-refractivity contribution < 1.29 is 4.79 Å². The van der Waals surface area contributed by atoms with E-state index in [9.17, 15) is 4.79 Å². The van der Waals surface area contributed by atoms with Gasteiger partial charge in [-0.2, -0.15) is 0 Å². The Morgan fingerprint density at radius 3 is 3.05 bits per heavy atom. The third kappa shape index (κ3) is 3.21. The molecule has 0 saturated carbocycles. The number of nitrogens with zero attached hydrogens (tertiary/aromatic N) is 1. The van der Waals surface area contributed by atoms with Crippen LogP contribution in [0.25, 0.3) is 0 Å². The molecule has 21 heavy (non-hydrogen) atoms. The molecule has 114 valence electrons. The van der Waals surface area contributed by atoms with Crippen molar-refractivity contribution in [1.82, 2.24) is 10.6 Å². The molecule has 1 aromatic carbocycles. The van der Waals surface area contributed by atoms with Crippen molar-refractivity contribution in [3.05, 3.63) is 29.8 Å². The number of carbonyl (C=O) groups is 1. The summed E-state index contributed by atoms with van der Waals surface area (Å²) in [5, 5.41) is 6.38. The van der Waals surface area contributed by atoms with E-state index in [-0.39, 0.29) is 11.8 Å². The predicted octanol–water partition coefficient (Wildman–Crippen LogP) is 1.41. The maximum atomic E-state index is 12.1. The second-order valence-corrected chi connectivity index (χ2v) is 6.25. The molecule has 1 amide bonds. The number of para-hydroxylation sites is 1. The number of hydrogen-bond donors (Lipinski definition) is 2. The average Bonchev–Trinajstić information content (AvgIpc) is 3.10. The van der Waals surface area contributed by atoms with Crippen molar-refractivity contribution in [3.8, 4) is 0 Å². The molecular weight excluding hydrogens is 262 g/mol. The third-order valence-corrected chi connectivity index (χ3v) is 4.74.